The molecule has 5 nitrogen and oxygen atoms in total. The predicted molar refractivity (Wildman–Crippen MR) is 99.8 cm³/mol. The van der Waals surface area contributed by atoms with Gasteiger partial charge in [-0.2, -0.15) is 0 Å². The molecule has 0 bridgehead atoms. The molecular formula is C20H20F2N4O. The summed E-state index contributed by atoms with van der Waals surface area (Å²) < 4.78 is 29.5. The van der Waals surface area contributed by atoms with Gasteiger partial charge in [-0.25, -0.2) is 18.6 Å². The van der Waals surface area contributed by atoms with Crippen LogP contribution in [0.1, 0.15) is 18.4 Å². The minimum absolute atomic E-state index is 0.0384. The van der Waals surface area contributed by atoms with Crippen LogP contribution in [0, 0.1) is 5.92 Å². The fraction of sp³-hybridized carbons (Fsp3) is 0.400. The molecule has 2 aromatic heterocycles. The lowest BCUT2D eigenvalue weighted by atomic mass is 10.0. The SMILES string of the molecule is Cn1c(=O)n(CC2CC2(F)F)c2ccc(N3CCCc4ccccc43)nc21. The van der Waals surface area contributed by atoms with Crippen LogP contribution in [0.25, 0.3) is 11.2 Å². The van der Waals surface area contributed by atoms with Crippen LogP contribution in [0.15, 0.2) is 41.2 Å². The van der Waals surface area contributed by atoms with Crippen LogP contribution >= 0.6 is 0 Å². The first-order chi connectivity index (χ1) is 13.0. The number of rotatable bonds is 3. The predicted octanol–water partition coefficient (Wildman–Crippen LogP) is 3.47. The number of pyridine rings is 1. The van der Waals surface area contributed by atoms with E-state index in [0.29, 0.717) is 11.2 Å². The molecule has 2 aliphatic rings. The second-order valence-electron chi connectivity index (χ2n) is 7.51. The number of aromatic nitrogens is 3. The van der Waals surface area contributed by atoms with Gasteiger partial charge in [0.05, 0.1) is 5.52 Å². The summed E-state index contributed by atoms with van der Waals surface area (Å²) in [6.07, 6.45) is 1.93. The molecule has 1 aromatic carbocycles. The third kappa shape index (κ3) is 2.56. The second kappa shape index (κ2) is 5.65. The Labute approximate surface area is 154 Å². The summed E-state index contributed by atoms with van der Waals surface area (Å²) in [5.41, 5.74) is 3.27. The molecule has 27 heavy (non-hydrogen) atoms. The van der Waals surface area contributed by atoms with E-state index in [1.54, 1.807) is 7.05 Å². The van der Waals surface area contributed by atoms with E-state index in [4.69, 9.17) is 4.98 Å². The molecule has 140 valence electrons. The molecule has 1 aliphatic heterocycles. The molecule has 0 amide bonds. The van der Waals surface area contributed by atoms with Crippen molar-refractivity contribution < 1.29 is 8.78 Å². The zero-order valence-electron chi connectivity index (χ0n) is 15.0. The summed E-state index contributed by atoms with van der Waals surface area (Å²) >= 11 is 0. The van der Waals surface area contributed by atoms with Crippen LogP contribution in [0.5, 0.6) is 0 Å². The summed E-state index contributed by atoms with van der Waals surface area (Å²) in [7, 11) is 1.65. The van der Waals surface area contributed by atoms with Crippen molar-refractivity contribution in [3.8, 4) is 0 Å². The van der Waals surface area contributed by atoms with E-state index in [9.17, 15) is 13.6 Å². The number of benzene rings is 1. The highest BCUT2D eigenvalue weighted by atomic mass is 19.3. The van der Waals surface area contributed by atoms with Gasteiger partial charge in [0.2, 0.25) is 0 Å². The van der Waals surface area contributed by atoms with Crippen molar-refractivity contribution in [1.82, 2.24) is 14.1 Å². The van der Waals surface area contributed by atoms with E-state index in [-0.39, 0.29) is 18.7 Å². The quantitative estimate of drug-likeness (QED) is 0.709. The first-order valence-corrected chi connectivity index (χ1v) is 9.25. The van der Waals surface area contributed by atoms with Crippen LogP contribution in [-0.4, -0.2) is 26.6 Å². The Kier molecular flexibility index (Phi) is 3.44. The molecule has 5 rings (SSSR count). The third-order valence-corrected chi connectivity index (χ3v) is 5.71. The number of anilines is 2. The number of imidazole rings is 1. The van der Waals surface area contributed by atoms with Crippen LogP contribution in [0.3, 0.4) is 0 Å². The molecule has 0 saturated heterocycles. The maximum atomic E-state index is 13.3. The minimum Gasteiger partial charge on any atom is -0.326 e. The van der Waals surface area contributed by atoms with E-state index in [1.165, 1.54) is 14.7 Å². The van der Waals surface area contributed by atoms with E-state index in [1.807, 2.05) is 24.3 Å². The van der Waals surface area contributed by atoms with Crippen LogP contribution in [0.2, 0.25) is 0 Å². The summed E-state index contributed by atoms with van der Waals surface area (Å²) in [5, 5.41) is 0. The molecule has 0 spiro atoms. The van der Waals surface area contributed by atoms with Gasteiger partial charge in [0.25, 0.3) is 5.92 Å². The number of para-hydroxylation sites is 1. The topological polar surface area (TPSA) is 43.1 Å². The Balaban J connectivity index is 1.57. The van der Waals surface area contributed by atoms with Crippen molar-refractivity contribution in [3.05, 3.63) is 52.4 Å². The highest BCUT2D eigenvalue weighted by molar-refractivity contribution is 5.76. The summed E-state index contributed by atoms with van der Waals surface area (Å²) in [6, 6.07) is 12.0. The van der Waals surface area contributed by atoms with Crippen molar-refractivity contribution in [2.75, 3.05) is 11.4 Å². The highest BCUT2D eigenvalue weighted by Gasteiger charge is 2.57. The number of alkyl halides is 2. The lowest BCUT2D eigenvalue weighted by Crippen LogP contribution is -2.25. The van der Waals surface area contributed by atoms with Gasteiger partial charge in [-0.1, -0.05) is 18.2 Å². The first kappa shape index (κ1) is 16.5. The van der Waals surface area contributed by atoms with E-state index in [2.05, 4.69) is 17.0 Å². The third-order valence-electron chi connectivity index (χ3n) is 5.71. The Morgan fingerprint density at radius 1 is 1.22 bits per heavy atom. The average Bonchev–Trinajstić information content (AvgIpc) is 3.22. The second-order valence-corrected chi connectivity index (χ2v) is 7.51. The molecule has 0 N–H and O–H groups in total. The van der Waals surface area contributed by atoms with Crippen LogP contribution < -0.4 is 10.6 Å². The fourth-order valence-electron chi connectivity index (χ4n) is 4.05. The molecule has 1 unspecified atom stereocenters. The monoisotopic (exact) mass is 370 g/mol. The Hall–Kier alpha value is -2.70. The highest BCUT2D eigenvalue weighted by Crippen LogP contribution is 2.49. The van der Waals surface area contributed by atoms with Crippen molar-refractivity contribution in [2.45, 2.75) is 31.7 Å². The van der Waals surface area contributed by atoms with Gasteiger partial charge >= 0.3 is 5.69 Å². The number of fused-ring (bicyclic) bond motifs is 2. The van der Waals surface area contributed by atoms with Crippen molar-refractivity contribution in [2.24, 2.45) is 13.0 Å². The smallest absolute Gasteiger partial charge is 0.326 e. The van der Waals surface area contributed by atoms with E-state index in [0.717, 1.165) is 30.9 Å². The van der Waals surface area contributed by atoms with E-state index >= 15 is 0 Å². The van der Waals surface area contributed by atoms with Gasteiger partial charge < -0.3 is 4.90 Å². The van der Waals surface area contributed by atoms with Crippen molar-refractivity contribution in [1.29, 1.82) is 0 Å². The lowest BCUT2D eigenvalue weighted by Gasteiger charge is -2.30. The molecule has 1 saturated carbocycles. The first-order valence-electron chi connectivity index (χ1n) is 9.25. The fourth-order valence-corrected chi connectivity index (χ4v) is 4.05. The Morgan fingerprint density at radius 3 is 2.78 bits per heavy atom. The molecule has 3 aromatic rings. The molecule has 1 fully saturated rings. The lowest BCUT2D eigenvalue weighted by molar-refractivity contribution is 0.0951. The standard InChI is InChI=1S/C20H20F2N4O/c1-24-18-16(26(19(24)27)12-14-11-20(14,21)22)8-9-17(23-18)25-10-4-6-13-5-2-3-7-15(13)25/h2-3,5,7-9,14H,4,6,10-12H2,1H3. The van der Waals surface area contributed by atoms with Gasteiger partial charge in [0, 0.05) is 38.2 Å². The van der Waals surface area contributed by atoms with Crippen LogP contribution in [0.4, 0.5) is 20.3 Å². The zero-order chi connectivity index (χ0) is 18.8. The van der Waals surface area contributed by atoms with E-state index < -0.39 is 11.8 Å². The largest absolute Gasteiger partial charge is 0.330 e. The zero-order valence-corrected chi connectivity index (χ0v) is 15.0. The maximum absolute atomic E-state index is 13.3. The molecule has 7 heteroatoms. The molecule has 1 atom stereocenters. The molecule has 3 heterocycles. The number of nitrogens with zero attached hydrogens (tertiary/aromatic N) is 4. The summed E-state index contributed by atoms with van der Waals surface area (Å²) in [4.78, 5) is 19.5. The molecular weight excluding hydrogens is 350 g/mol. The summed E-state index contributed by atoms with van der Waals surface area (Å²) in [6.45, 7) is 0.898. The van der Waals surface area contributed by atoms with Gasteiger partial charge in [0.1, 0.15) is 5.82 Å². The number of hydrogen-bond acceptors (Lipinski definition) is 3. The normalized spacial score (nSPS) is 20.7. The van der Waals surface area contributed by atoms with Crippen molar-refractivity contribution >= 4 is 22.7 Å². The molecule has 1 aliphatic carbocycles. The van der Waals surface area contributed by atoms with Crippen molar-refractivity contribution in [3.63, 3.8) is 0 Å². The Morgan fingerprint density at radius 2 is 2.00 bits per heavy atom. The van der Waals surface area contributed by atoms with Gasteiger partial charge in [-0.05, 0) is 36.6 Å². The number of hydrogen-bond donors (Lipinski definition) is 0. The van der Waals surface area contributed by atoms with Crippen LogP contribution in [-0.2, 0) is 20.0 Å². The average molecular weight is 370 g/mol. The van der Waals surface area contributed by atoms with Gasteiger partial charge in [-0.15, -0.1) is 0 Å². The Bertz CT molecular complexity index is 1100. The number of aryl methyl sites for hydroxylation is 2. The maximum Gasteiger partial charge on any atom is 0.330 e. The van der Waals surface area contributed by atoms with Gasteiger partial charge in [-0.3, -0.25) is 9.13 Å². The number of halogens is 2. The summed E-state index contributed by atoms with van der Waals surface area (Å²) in [5.74, 6) is -2.62. The van der Waals surface area contributed by atoms with Gasteiger partial charge in [0.15, 0.2) is 5.65 Å². The minimum atomic E-state index is -2.65. The molecule has 0 radical (unpaired) electrons.